The molecule has 0 aromatic heterocycles. The number of nitrogens with two attached hydrogens (primary N) is 1. The van der Waals surface area contributed by atoms with E-state index in [0.29, 0.717) is 5.11 Å². The number of hydrogen-bond donors (Lipinski definition) is 3. The first-order chi connectivity index (χ1) is 4.77. The fourth-order valence-electron chi connectivity index (χ4n) is 0.625. The van der Waals surface area contributed by atoms with Gasteiger partial charge in [-0.2, -0.15) is 0 Å². The number of hydrogen-bond acceptors (Lipinski definition) is 2. The van der Waals surface area contributed by atoms with Crippen molar-refractivity contribution < 1.29 is 5.11 Å². The second kappa shape index (κ2) is 6.77. The molecule has 0 aromatic carbocycles. The van der Waals surface area contributed by atoms with Crippen molar-refractivity contribution in [1.82, 2.24) is 5.32 Å². The van der Waals surface area contributed by atoms with Gasteiger partial charge in [-0.25, -0.2) is 0 Å². The van der Waals surface area contributed by atoms with E-state index in [4.69, 9.17) is 10.8 Å². The molecule has 4 heteroatoms. The SMILES string of the molecule is NC(=S)NCCCCCO. The Balaban J connectivity index is 2.84. The lowest BCUT2D eigenvalue weighted by Gasteiger charge is -2.01. The van der Waals surface area contributed by atoms with E-state index in [1.807, 2.05) is 0 Å². The fraction of sp³-hybridized carbons (Fsp3) is 0.833. The number of nitrogens with one attached hydrogen (secondary N) is 1. The zero-order chi connectivity index (χ0) is 7.82. The Morgan fingerprint density at radius 3 is 2.60 bits per heavy atom. The van der Waals surface area contributed by atoms with Crippen LogP contribution < -0.4 is 11.1 Å². The molecule has 0 amide bonds. The molecule has 0 rings (SSSR count). The first kappa shape index (κ1) is 9.65. The van der Waals surface area contributed by atoms with Crippen molar-refractivity contribution in [3.63, 3.8) is 0 Å². The Hall–Kier alpha value is -0.350. The summed E-state index contributed by atoms with van der Waals surface area (Å²) in [7, 11) is 0. The summed E-state index contributed by atoms with van der Waals surface area (Å²) in [5.41, 5.74) is 5.18. The number of unbranched alkanes of at least 4 members (excludes halogenated alkanes) is 2. The van der Waals surface area contributed by atoms with Gasteiger partial charge in [0.05, 0.1) is 0 Å². The molecule has 0 unspecified atom stereocenters. The average molecular weight is 162 g/mol. The summed E-state index contributed by atoms with van der Waals surface area (Å²) in [6, 6.07) is 0. The maximum Gasteiger partial charge on any atom is 0.163 e. The number of aliphatic hydroxyl groups is 1. The molecule has 60 valence electrons. The molecule has 0 aromatic rings. The van der Waals surface area contributed by atoms with Crippen molar-refractivity contribution in [2.75, 3.05) is 13.2 Å². The monoisotopic (exact) mass is 162 g/mol. The second-order valence-corrected chi connectivity index (χ2v) is 2.52. The Bertz CT molecular complexity index is 97.7. The maximum atomic E-state index is 8.40. The lowest BCUT2D eigenvalue weighted by Crippen LogP contribution is -2.29. The molecule has 3 nitrogen and oxygen atoms in total. The molecule has 0 spiro atoms. The largest absolute Gasteiger partial charge is 0.396 e. The third-order valence-corrected chi connectivity index (χ3v) is 1.28. The molecule has 0 saturated carbocycles. The van der Waals surface area contributed by atoms with Crippen molar-refractivity contribution in [1.29, 1.82) is 0 Å². The van der Waals surface area contributed by atoms with Crippen LogP contribution in [0.3, 0.4) is 0 Å². The van der Waals surface area contributed by atoms with Crippen LogP contribution in [-0.4, -0.2) is 23.4 Å². The van der Waals surface area contributed by atoms with Gasteiger partial charge < -0.3 is 16.2 Å². The Kier molecular flexibility index (Phi) is 6.53. The van der Waals surface area contributed by atoms with Crippen molar-refractivity contribution in [2.24, 2.45) is 5.73 Å². The van der Waals surface area contributed by atoms with Crippen LogP contribution >= 0.6 is 12.2 Å². The predicted molar refractivity (Wildman–Crippen MR) is 45.7 cm³/mol. The lowest BCUT2D eigenvalue weighted by molar-refractivity contribution is 0.283. The average Bonchev–Trinajstić information content (AvgIpc) is 1.87. The van der Waals surface area contributed by atoms with Crippen LogP contribution in [0.1, 0.15) is 19.3 Å². The van der Waals surface area contributed by atoms with Gasteiger partial charge in [0.25, 0.3) is 0 Å². The Labute approximate surface area is 66.6 Å². The van der Waals surface area contributed by atoms with Crippen LogP contribution in [0.25, 0.3) is 0 Å². The van der Waals surface area contributed by atoms with E-state index in [1.165, 1.54) is 0 Å². The van der Waals surface area contributed by atoms with Gasteiger partial charge >= 0.3 is 0 Å². The van der Waals surface area contributed by atoms with E-state index in [9.17, 15) is 0 Å². The van der Waals surface area contributed by atoms with Crippen LogP contribution in [0.15, 0.2) is 0 Å². The van der Waals surface area contributed by atoms with E-state index in [2.05, 4.69) is 17.5 Å². The summed E-state index contributed by atoms with van der Waals surface area (Å²) < 4.78 is 0. The molecule has 0 saturated heterocycles. The van der Waals surface area contributed by atoms with Crippen LogP contribution in [0.2, 0.25) is 0 Å². The first-order valence-electron chi connectivity index (χ1n) is 3.41. The summed E-state index contributed by atoms with van der Waals surface area (Å²) in [5.74, 6) is 0. The zero-order valence-corrected chi connectivity index (χ0v) is 6.78. The summed E-state index contributed by atoms with van der Waals surface area (Å²) in [4.78, 5) is 0. The minimum Gasteiger partial charge on any atom is -0.396 e. The molecular weight excluding hydrogens is 148 g/mol. The summed E-state index contributed by atoms with van der Waals surface area (Å²) in [5, 5.41) is 11.6. The zero-order valence-electron chi connectivity index (χ0n) is 5.97. The number of thiocarbonyl (C=S) groups is 1. The van der Waals surface area contributed by atoms with Crippen LogP contribution in [0.5, 0.6) is 0 Å². The molecule has 0 heterocycles. The smallest absolute Gasteiger partial charge is 0.163 e. The van der Waals surface area contributed by atoms with Gasteiger partial charge in [0, 0.05) is 13.2 Å². The minimum absolute atomic E-state index is 0.271. The van der Waals surface area contributed by atoms with Crippen molar-refractivity contribution in [3.8, 4) is 0 Å². The minimum atomic E-state index is 0.271. The molecule has 0 aliphatic rings. The Morgan fingerprint density at radius 2 is 2.10 bits per heavy atom. The van der Waals surface area contributed by atoms with E-state index in [1.54, 1.807) is 0 Å². The third-order valence-electron chi connectivity index (χ3n) is 1.13. The van der Waals surface area contributed by atoms with Crippen molar-refractivity contribution >= 4 is 17.3 Å². The highest BCUT2D eigenvalue weighted by Gasteiger charge is 1.87. The van der Waals surface area contributed by atoms with E-state index in [0.717, 1.165) is 25.8 Å². The van der Waals surface area contributed by atoms with Crippen LogP contribution in [0.4, 0.5) is 0 Å². The second-order valence-electron chi connectivity index (χ2n) is 2.08. The Morgan fingerprint density at radius 1 is 1.40 bits per heavy atom. The fourth-order valence-corrected chi connectivity index (χ4v) is 0.727. The molecular formula is C6H14N2OS. The molecule has 0 radical (unpaired) electrons. The molecule has 0 atom stereocenters. The number of aliphatic hydroxyl groups excluding tert-OH is 1. The predicted octanol–water partition coefficient (Wildman–Crippen LogP) is -0.0178. The standard InChI is InChI=1S/C6H14N2OS/c7-6(10)8-4-2-1-3-5-9/h9H,1-5H2,(H3,7,8,10). The highest BCUT2D eigenvalue weighted by molar-refractivity contribution is 7.80. The van der Waals surface area contributed by atoms with Crippen molar-refractivity contribution in [3.05, 3.63) is 0 Å². The summed E-state index contributed by atoms with van der Waals surface area (Å²) in [6.07, 6.45) is 2.89. The topological polar surface area (TPSA) is 58.3 Å². The molecule has 0 aliphatic heterocycles. The quantitative estimate of drug-likeness (QED) is 0.393. The van der Waals surface area contributed by atoms with Crippen LogP contribution in [0, 0.1) is 0 Å². The van der Waals surface area contributed by atoms with E-state index < -0.39 is 0 Å². The van der Waals surface area contributed by atoms with Crippen molar-refractivity contribution in [2.45, 2.75) is 19.3 Å². The summed E-state index contributed by atoms with van der Waals surface area (Å²) >= 11 is 4.59. The molecule has 0 aliphatic carbocycles. The number of rotatable bonds is 5. The van der Waals surface area contributed by atoms with E-state index >= 15 is 0 Å². The third kappa shape index (κ3) is 7.65. The molecule has 4 N–H and O–H groups in total. The maximum absolute atomic E-state index is 8.40. The van der Waals surface area contributed by atoms with Gasteiger partial charge in [0.2, 0.25) is 0 Å². The van der Waals surface area contributed by atoms with Gasteiger partial charge in [-0.3, -0.25) is 0 Å². The van der Waals surface area contributed by atoms with Gasteiger partial charge in [-0.1, -0.05) is 0 Å². The highest BCUT2D eigenvalue weighted by Crippen LogP contribution is 1.91. The van der Waals surface area contributed by atoms with Gasteiger partial charge in [0.1, 0.15) is 0 Å². The van der Waals surface area contributed by atoms with E-state index in [-0.39, 0.29) is 6.61 Å². The molecule has 0 bridgehead atoms. The molecule has 10 heavy (non-hydrogen) atoms. The molecule has 0 fully saturated rings. The first-order valence-corrected chi connectivity index (χ1v) is 3.82. The van der Waals surface area contributed by atoms with Gasteiger partial charge in [-0.15, -0.1) is 0 Å². The highest BCUT2D eigenvalue weighted by atomic mass is 32.1. The normalized spacial score (nSPS) is 9.30. The summed E-state index contributed by atoms with van der Waals surface area (Å²) in [6.45, 7) is 1.09. The van der Waals surface area contributed by atoms with Gasteiger partial charge in [-0.05, 0) is 31.5 Å². The van der Waals surface area contributed by atoms with Gasteiger partial charge in [0.15, 0.2) is 5.11 Å². The van der Waals surface area contributed by atoms with Crippen LogP contribution in [-0.2, 0) is 0 Å². The lowest BCUT2D eigenvalue weighted by atomic mass is 10.2.